The lowest BCUT2D eigenvalue weighted by molar-refractivity contribution is 0.0952. The van der Waals surface area contributed by atoms with E-state index in [0.717, 1.165) is 18.9 Å². The average molecular weight is 270 g/mol. The number of aromatic nitrogens is 1. The zero-order chi connectivity index (χ0) is 13.2. The van der Waals surface area contributed by atoms with E-state index in [-0.39, 0.29) is 5.91 Å². The average Bonchev–Trinajstić information content (AvgIpc) is 2.37. The summed E-state index contributed by atoms with van der Waals surface area (Å²) in [6, 6.07) is 2.66. The molecule has 1 rings (SSSR count). The second-order valence-corrected chi connectivity index (χ2v) is 5.02. The fraction of sp³-hybridized carbons (Fsp3) is 0.538. The number of rotatable bonds is 8. The monoisotopic (exact) mass is 270 g/mol. The Labute approximate surface area is 112 Å². The normalized spacial score (nSPS) is 10.3. The van der Waals surface area contributed by atoms with Crippen LogP contribution in [0.1, 0.15) is 36.0 Å². The third-order valence-electron chi connectivity index (χ3n) is 2.55. The molecule has 1 heterocycles. The highest BCUT2D eigenvalue weighted by Crippen LogP contribution is 2.04. The summed E-state index contributed by atoms with van der Waals surface area (Å²) in [6.07, 6.45) is 7.91. The highest BCUT2D eigenvalue weighted by atomic mass is 32.2. The minimum atomic E-state index is -0.625. The Morgan fingerprint density at radius 2 is 2.17 bits per heavy atom. The summed E-state index contributed by atoms with van der Waals surface area (Å²) in [6.45, 7) is 0.641. The summed E-state index contributed by atoms with van der Waals surface area (Å²) in [5.41, 5.74) is 0.324. The van der Waals surface area contributed by atoms with E-state index < -0.39 is 5.95 Å². The Bertz CT molecular complexity index is 374. The van der Waals surface area contributed by atoms with Crippen LogP contribution in [0.4, 0.5) is 4.39 Å². The van der Waals surface area contributed by atoms with Gasteiger partial charge in [-0.3, -0.25) is 4.79 Å². The van der Waals surface area contributed by atoms with Crippen molar-refractivity contribution in [2.45, 2.75) is 25.7 Å². The van der Waals surface area contributed by atoms with E-state index in [4.69, 9.17) is 0 Å². The van der Waals surface area contributed by atoms with Crippen molar-refractivity contribution in [3.63, 3.8) is 0 Å². The van der Waals surface area contributed by atoms with Gasteiger partial charge in [-0.1, -0.05) is 12.8 Å². The maximum Gasteiger partial charge on any atom is 0.251 e. The third-order valence-corrected chi connectivity index (χ3v) is 3.25. The quantitative estimate of drug-likeness (QED) is 0.583. The molecule has 1 aromatic heterocycles. The van der Waals surface area contributed by atoms with Crippen molar-refractivity contribution in [2.24, 2.45) is 0 Å². The Balaban J connectivity index is 2.14. The summed E-state index contributed by atoms with van der Waals surface area (Å²) >= 11 is 1.86. The molecule has 1 N–H and O–H groups in total. The van der Waals surface area contributed by atoms with Crippen molar-refractivity contribution in [1.82, 2.24) is 10.3 Å². The van der Waals surface area contributed by atoms with E-state index in [2.05, 4.69) is 16.6 Å². The van der Waals surface area contributed by atoms with Crippen molar-refractivity contribution >= 4 is 17.7 Å². The number of thioether (sulfide) groups is 1. The molecule has 0 spiro atoms. The number of carbonyl (C=O) groups is 1. The number of pyridine rings is 1. The Kier molecular flexibility index (Phi) is 7.41. The molecule has 3 nitrogen and oxygen atoms in total. The first-order valence-corrected chi connectivity index (χ1v) is 7.52. The van der Waals surface area contributed by atoms with Crippen LogP contribution in [-0.2, 0) is 0 Å². The van der Waals surface area contributed by atoms with Crippen LogP contribution in [0.3, 0.4) is 0 Å². The van der Waals surface area contributed by atoms with Crippen molar-refractivity contribution in [1.29, 1.82) is 0 Å². The number of nitrogens with zero attached hydrogens (tertiary/aromatic N) is 1. The summed E-state index contributed by atoms with van der Waals surface area (Å²) in [7, 11) is 0. The molecule has 5 heteroatoms. The van der Waals surface area contributed by atoms with E-state index in [1.54, 1.807) is 0 Å². The number of hydrogen-bond acceptors (Lipinski definition) is 3. The number of unbranched alkanes of at least 4 members (excludes halogenated alkanes) is 3. The first-order valence-electron chi connectivity index (χ1n) is 6.12. The number of hydrogen-bond donors (Lipinski definition) is 1. The molecule has 0 aliphatic rings. The van der Waals surface area contributed by atoms with Gasteiger partial charge in [0.1, 0.15) is 0 Å². The molecule has 18 heavy (non-hydrogen) atoms. The van der Waals surface area contributed by atoms with Gasteiger partial charge >= 0.3 is 0 Å². The molecule has 0 bridgehead atoms. The van der Waals surface area contributed by atoms with E-state index in [1.165, 1.54) is 30.9 Å². The van der Waals surface area contributed by atoms with Crippen LogP contribution in [-0.4, -0.2) is 29.4 Å². The molecular formula is C13H19FN2OS. The number of nitrogens with one attached hydrogen (secondary N) is 1. The lowest BCUT2D eigenvalue weighted by Gasteiger charge is -2.05. The van der Waals surface area contributed by atoms with Gasteiger partial charge in [0.25, 0.3) is 5.91 Å². The molecule has 0 saturated carbocycles. The van der Waals surface area contributed by atoms with Gasteiger partial charge in [-0.15, -0.1) is 0 Å². The molecule has 0 unspecified atom stereocenters. The van der Waals surface area contributed by atoms with Crippen LogP contribution >= 0.6 is 11.8 Å². The number of halogens is 1. The van der Waals surface area contributed by atoms with Crippen molar-refractivity contribution in [2.75, 3.05) is 18.6 Å². The topological polar surface area (TPSA) is 42.0 Å². The molecule has 0 radical (unpaired) electrons. The van der Waals surface area contributed by atoms with Crippen LogP contribution in [0, 0.1) is 5.95 Å². The second kappa shape index (κ2) is 8.91. The van der Waals surface area contributed by atoms with Crippen LogP contribution in [0.25, 0.3) is 0 Å². The Morgan fingerprint density at radius 1 is 1.39 bits per heavy atom. The van der Waals surface area contributed by atoms with Gasteiger partial charge in [-0.25, -0.2) is 4.98 Å². The van der Waals surface area contributed by atoms with Gasteiger partial charge in [-0.05, 0) is 30.9 Å². The van der Waals surface area contributed by atoms with E-state index in [9.17, 15) is 9.18 Å². The van der Waals surface area contributed by atoms with Gasteiger partial charge in [0.05, 0.1) is 0 Å². The maximum absolute atomic E-state index is 12.8. The van der Waals surface area contributed by atoms with Gasteiger partial charge in [0, 0.05) is 24.4 Å². The third kappa shape index (κ3) is 6.00. The molecule has 1 aromatic rings. The van der Waals surface area contributed by atoms with Gasteiger partial charge in [0.2, 0.25) is 5.95 Å². The molecular weight excluding hydrogens is 251 g/mol. The molecule has 1 amide bonds. The van der Waals surface area contributed by atoms with Crippen LogP contribution in [0.5, 0.6) is 0 Å². The summed E-state index contributed by atoms with van der Waals surface area (Å²) < 4.78 is 12.8. The van der Waals surface area contributed by atoms with Gasteiger partial charge in [0.15, 0.2) is 0 Å². The minimum absolute atomic E-state index is 0.236. The Morgan fingerprint density at radius 3 is 2.89 bits per heavy atom. The predicted octanol–water partition coefficient (Wildman–Crippen LogP) is 2.87. The summed E-state index contributed by atoms with van der Waals surface area (Å²) in [5, 5.41) is 2.78. The first kappa shape index (κ1) is 15.0. The molecule has 0 aliphatic heterocycles. The highest BCUT2D eigenvalue weighted by Gasteiger charge is 2.05. The van der Waals surface area contributed by atoms with Gasteiger partial charge < -0.3 is 5.32 Å². The molecule has 0 saturated heterocycles. The Hall–Kier alpha value is -1.10. The second-order valence-electron chi connectivity index (χ2n) is 4.03. The molecule has 0 aromatic carbocycles. The number of amides is 1. The zero-order valence-corrected chi connectivity index (χ0v) is 11.4. The standard InChI is InChI=1S/C13H19FN2OS/c1-18-9-5-3-2-4-7-16-13(17)11-6-8-15-12(14)10-11/h6,8,10H,2-5,7,9H2,1H3,(H,16,17). The maximum atomic E-state index is 12.8. The van der Waals surface area contributed by atoms with Crippen LogP contribution in [0.2, 0.25) is 0 Å². The predicted molar refractivity (Wildman–Crippen MR) is 73.4 cm³/mol. The summed E-state index contributed by atoms with van der Waals surface area (Å²) in [5.74, 6) is 0.336. The lowest BCUT2D eigenvalue weighted by atomic mass is 10.2. The van der Waals surface area contributed by atoms with E-state index in [0.29, 0.717) is 12.1 Å². The molecule has 0 fully saturated rings. The first-order chi connectivity index (χ1) is 8.74. The largest absolute Gasteiger partial charge is 0.352 e. The van der Waals surface area contributed by atoms with E-state index >= 15 is 0 Å². The zero-order valence-electron chi connectivity index (χ0n) is 10.6. The number of carbonyl (C=O) groups excluding carboxylic acids is 1. The molecule has 100 valence electrons. The smallest absolute Gasteiger partial charge is 0.251 e. The van der Waals surface area contributed by atoms with Crippen molar-refractivity contribution < 1.29 is 9.18 Å². The SMILES string of the molecule is CSCCCCCCNC(=O)c1ccnc(F)c1. The van der Waals surface area contributed by atoms with Crippen molar-refractivity contribution in [3.05, 3.63) is 29.8 Å². The minimum Gasteiger partial charge on any atom is -0.352 e. The van der Waals surface area contributed by atoms with Crippen molar-refractivity contribution in [3.8, 4) is 0 Å². The molecule has 0 atom stereocenters. The van der Waals surface area contributed by atoms with E-state index in [1.807, 2.05) is 11.8 Å². The highest BCUT2D eigenvalue weighted by molar-refractivity contribution is 7.98. The van der Waals surface area contributed by atoms with Crippen LogP contribution in [0.15, 0.2) is 18.3 Å². The lowest BCUT2D eigenvalue weighted by Crippen LogP contribution is -2.24. The fourth-order valence-electron chi connectivity index (χ4n) is 1.57. The molecule has 0 aliphatic carbocycles. The van der Waals surface area contributed by atoms with Gasteiger partial charge in [-0.2, -0.15) is 16.2 Å². The fourth-order valence-corrected chi connectivity index (χ4v) is 2.07. The van der Waals surface area contributed by atoms with Crippen LogP contribution < -0.4 is 5.32 Å². The summed E-state index contributed by atoms with van der Waals surface area (Å²) in [4.78, 5) is 15.0.